The van der Waals surface area contributed by atoms with E-state index in [9.17, 15) is 4.79 Å². The van der Waals surface area contributed by atoms with Gasteiger partial charge in [-0.25, -0.2) is 9.78 Å². The second-order valence-electron chi connectivity index (χ2n) is 10.1. The van der Waals surface area contributed by atoms with Gasteiger partial charge in [0.05, 0.1) is 5.69 Å². The molecule has 2 amide bonds. The molecule has 6 rings (SSSR count). The number of fused-ring (bicyclic) bond motifs is 2. The van der Waals surface area contributed by atoms with Crippen LogP contribution in [0, 0.1) is 0 Å². The van der Waals surface area contributed by atoms with E-state index in [4.69, 9.17) is 14.5 Å². The van der Waals surface area contributed by atoms with Gasteiger partial charge in [-0.1, -0.05) is 68.9 Å². The minimum atomic E-state index is -0.0134. The normalized spacial score (nSPS) is 18.5. The van der Waals surface area contributed by atoms with Gasteiger partial charge in [-0.3, -0.25) is 4.90 Å². The van der Waals surface area contributed by atoms with Crippen LogP contribution in [0.4, 0.5) is 10.6 Å². The van der Waals surface area contributed by atoms with E-state index < -0.39 is 0 Å². The highest BCUT2D eigenvalue weighted by atomic mass is 16.7. The molecule has 1 aromatic heterocycles. The predicted molar refractivity (Wildman–Crippen MR) is 138 cm³/mol. The molecule has 0 atom stereocenters. The number of amides is 2. The first-order chi connectivity index (χ1) is 17.3. The van der Waals surface area contributed by atoms with Crippen LogP contribution in [-0.2, 0) is 0 Å². The molecule has 6 heteroatoms. The number of hydrogen-bond donors (Lipinski definition) is 1. The summed E-state index contributed by atoms with van der Waals surface area (Å²) in [4.78, 5) is 21.1. The highest BCUT2D eigenvalue weighted by Gasteiger charge is 2.32. The number of aromatic nitrogens is 1. The highest BCUT2D eigenvalue weighted by Crippen LogP contribution is 2.41. The minimum Gasteiger partial charge on any atom is -0.454 e. The van der Waals surface area contributed by atoms with Crippen LogP contribution in [0.3, 0.4) is 0 Å². The molecule has 182 valence electrons. The first-order valence-electron chi connectivity index (χ1n) is 13.2. The molecule has 2 aliphatic carbocycles. The predicted octanol–water partition coefficient (Wildman–Crippen LogP) is 6.81. The van der Waals surface area contributed by atoms with Gasteiger partial charge in [0.2, 0.25) is 6.79 Å². The molecule has 2 fully saturated rings. The third kappa shape index (κ3) is 4.54. The van der Waals surface area contributed by atoms with Crippen LogP contribution in [0.15, 0.2) is 48.5 Å². The number of benzene rings is 2. The van der Waals surface area contributed by atoms with Crippen LogP contribution in [-0.4, -0.2) is 29.9 Å². The smallest absolute Gasteiger partial charge is 0.323 e. The second kappa shape index (κ2) is 9.76. The van der Waals surface area contributed by atoms with Crippen molar-refractivity contribution in [1.82, 2.24) is 10.3 Å². The number of rotatable bonds is 4. The lowest BCUT2D eigenvalue weighted by Gasteiger charge is -2.36. The molecule has 35 heavy (non-hydrogen) atoms. The standard InChI is InChI=1S/C29H33N3O3/c33-29(30-22-12-6-2-7-13-22)32(23-14-8-3-9-15-23)28-24-18-27-26(34-19-35-27)17-21(24)16-25(31-28)20-10-4-1-5-11-20/h1,4-5,10-11,16-18,22-23H,2-3,6-9,12-15,19H2,(H,30,33). The van der Waals surface area contributed by atoms with Crippen LogP contribution in [0.2, 0.25) is 0 Å². The topological polar surface area (TPSA) is 63.7 Å². The Bertz CT molecular complexity index is 1200. The zero-order valence-electron chi connectivity index (χ0n) is 20.2. The fraction of sp³-hybridized carbons (Fsp3) is 0.448. The minimum absolute atomic E-state index is 0.0134. The summed E-state index contributed by atoms with van der Waals surface area (Å²) in [6.45, 7) is 0.217. The van der Waals surface area contributed by atoms with E-state index in [2.05, 4.69) is 23.5 Å². The number of nitrogens with one attached hydrogen (secondary N) is 1. The van der Waals surface area contributed by atoms with Crippen LogP contribution >= 0.6 is 0 Å². The van der Waals surface area contributed by atoms with Crippen molar-refractivity contribution in [2.24, 2.45) is 0 Å². The summed E-state index contributed by atoms with van der Waals surface area (Å²) >= 11 is 0. The molecule has 3 aliphatic rings. The van der Waals surface area contributed by atoms with E-state index in [-0.39, 0.29) is 24.9 Å². The Morgan fingerprint density at radius 3 is 2.29 bits per heavy atom. The number of anilines is 1. The van der Waals surface area contributed by atoms with E-state index in [1.54, 1.807) is 0 Å². The number of carbonyl (C=O) groups excluding carboxylic acids is 1. The van der Waals surface area contributed by atoms with Gasteiger partial charge >= 0.3 is 6.03 Å². The van der Waals surface area contributed by atoms with Crippen molar-refractivity contribution >= 4 is 22.6 Å². The largest absolute Gasteiger partial charge is 0.454 e. The Morgan fingerprint density at radius 1 is 0.857 bits per heavy atom. The molecule has 0 saturated heterocycles. The van der Waals surface area contributed by atoms with Crippen LogP contribution < -0.4 is 19.7 Å². The fourth-order valence-electron chi connectivity index (χ4n) is 5.83. The molecule has 2 heterocycles. The molecule has 0 unspecified atom stereocenters. The van der Waals surface area contributed by atoms with Crippen molar-refractivity contribution in [3.05, 3.63) is 48.5 Å². The van der Waals surface area contributed by atoms with Crippen molar-refractivity contribution < 1.29 is 14.3 Å². The third-order valence-corrected chi connectivity index (χ3v) is 7.69. The summed E-state index contributed by atoms with van der Waals surface area (Å²) in [7, 11) is 0. The summed E-state index contributed by atoms with van der Waals surface area (Å²) in [6.07, 6.45) is 11.2. The number of nitrogens with zero attached hydrogens (tertiary/aromatic N) is 2. The first kappa shape index (κ1) is 22.2. The van der Waals surface area contributed by atoms with Crippen molar-refractivity contribution in [1.29, 1.82) is 0 Å². The molecular formula is C29H33N3O3. The Hall–Kier alpha value is -3.28. The maximum absolute atomic E-state index is 14.0. The van der Waals surface area contributed by atoms with E-state index in [1.807, 2.05) is 35.2 Å². The van der Waals surface area contributed by atoms with E-state index in [0.717, 1.165) is 72.1 Å². The van der Waals surface area contributed by atoms with Gasteiger partial charge in [0.1, 0.15) is 5.82 Å². The number of carbonyl (C=O) groups is 1. The molecule has 3 aromatic rings. The molecule has 0 radical (unpaired) electrons. The molecule has 1 N–H and O–H groups in total. The van der Waals surface area contributed by atoms with Gasteiger partial charge in [0.25, 0.3) is 0 Å². The summed E-state index contributed by atoms with van der Waals surface area (Å²) < 4.78 is 11.4. The molecule has 2 saturated carbocycles. The van der Waals surface area contributed by atoms with Gasteiger partial charge < -0.3 is 14.8 Å². The van der Waals surface area contributed by atoms with Crippen LogP contribution in [0.5, 0.6) is 11.5 Å². The Balaban J connectivity index is 1.49. The van der Waals surface area contributed by atoms with Crippen molar-refractivity contribution in [2.45, 2.75) is 76.3 Å². The maximum Gasteiger partial charge on any atom is 0.323 e. The average molecular weight is 472 g/mol. The monoisotopic (exact) mass is 471 g/mol. The summed E-state index contributed by atoms with van der Waals surface area (Å²) in [5, 5.41) is 5.32. The third-order valence-electron chi connectivity index (χ3n) is 7.69. The molecule has 0 bridgehead atoms. The number of hydrogen-bond acceptors (Lipinski definition) is 4. The van der Waals surface area contributed by atoms with Gasteiger partial charge in [0.15, 0.2) is 11.5 Å². The maximum atomic E-state index is 14.0. The first-order valence-corrected chi connectivity index (χ1v) is 13.2. The molecular weight excluding hydrogens is 438 g/mol. The molecule has 2 aromatic carbocycles. The molecule has 6 nitrogen and oxygen atoms in total. The van der Waals surface area contributed by atoms with E-state index >= 15 is 0 Å². The number of ether oxygens (including phenoxy) is 2. The molecule has 1 aliphatic heterocycles. The van der Waals surface area contributed by atoms with Gasteiger partial charge in [-0.05, 0) is 49.3 Å². The van der Waals surface area contributed by atoms with Crippen LogP contribution in [0.1, 0.15) is 64.2 Å². The van der Waals surface area contributed by atoms with Gasteiger partial charge in [-0.2, -0.15) is 0 Å². The van der Waals surface area contributed by atoms with Crippen molar-refractivity contribution in [3.8, 4) is 22.8 Å². The SMILES string of the molecule is O=C(NC1CCCCC1)N(c1nc(-c2ccccc2)cc2cc3c(cc12)OCO3)C1CCCCC1. The summed E-state index contributed by atoms with van der Waals surface area (Å²) in [5.74, 6) is 2.17. The lowest BCUT2D eigenvalue weighted by Crippen LogP contribution is -2.51. The van der Waals surface area contributed by atoms with Crippen LogP contribution in [0.25, 0.3) is 22.0 Å². The lowest BCUT2D eigenvalue weighted by atomic mass is 9.93. The van der Waals surface area contributed by atoms with Crippen molar-refractivity contribution in [2.75, 3.05) is 11.7 Å². The number of urea groups is 1. The summed E-state index contributed by atoms with van der Waals surface area (Å²) in [5.41, 5.74) is 1.89. The lowest BCUT2D eigenvalue weighted by molar-refractivity contribution is 0.174. The van der Waals surface area contributed by atoms with Gasteiger partial charge in [0, 0.05) is 23.0 Å². The van der Waals surface area contributed by atoms with E-state index in [1.165, 1.54) is 25.7 Å². The quantitative estimate of drug-likeness (QED) is 0.454. The average Bonchev–Trinajstić information content (AvgIpc) is 3.37. The second-order valence-corrected chi connectivity index (χ2v) is 10.1. The Morgan fingerprint density at radius 2 is 1.54 bits per heavy atom. The van der Waals surface area contributed by atoms with E-state index in [0.29, 0.717) is 5.75 Å². The fourth-order valence-corrected chi connectivity index (χ4v) is 5.83. The zero-order chi connectivity index (χ0) is 23.6. The summed E-state index contributed by atoms with van der Waals surface area (Å²) in [6, 6.07) is 16.7. The zero-order valence-corrected chi connectivity index (χ0v) is 20.2. The van der Waals surface area contributed by atoms with Gasteiger partial charge in [-0.15, -0.1) is 0 Å². The highest BCUT2D eigenvalue weighted by molar-refractivity contribution is 6.04. The number of pyridine rings is 1. The van der Waals surface area contributed by atoms with Crippen molar-refractivity contribution in [3.63, 3.8) is 0 Å². The molecule has 0 spiro atoms. The Labute approximate surface area is 206 Å². The Kier molecular flexibility index (Phi) is 6.19.